The van der Waals surface area contributed by atoms with E-state index in [-0.39, 0.29) is 16.9 Å². The number of benzene rings is 1. The van der Waals surface area contributed by atoms with Crippen LogP contribution >= 0.6 is 0 Å². The van der Waals surface area contributed by atoms with Crippen LogP contribution in [-0.2, 0) is 0 Å². The van der Waals surface area contributed by atoms with Crippen LogP contribution in [0.25, 0.3) is 0 Å². The third kappa shape index (κ3) is 1.71. The van der Waals surface area contributed by atoms with Crippen molar-refractivity contribution in [2.24, 2.45) is 0 Å². The van der Waals surface area contributed by atoms with Crippen LogP contribution in [0.1, 0.15) is 11.1 Å². The zero-order valence-corrected chi connectivity index (χ0v) is 8.18. The summed E-state index contributed by atoms with van der Waals surface area (Å²) in [4.78, 5) is 19.9. The number of nitrogens with two attached hydrogens (primary N) is 1. The topological polar surface area (TPSA) is 112 Å². The highest BCUT2D eigenvalue weighted by molar-refractivity contribution is 5.70. The Morgan fingerprint density at radius 2 is 1.60 bits per heavy atom. The van der Waals surface area contributed by atoms with Gasteiger partial charge in [0.2, 0.25) is 0 Å². The number of aryl methyl sites for hydroxylation is 1. The van der Waals surface area contributed by atoms with Crippen LogP contribution in [0.15, 0.2) is 6.07 Å². The minimum absolute atomic E-state index is 0.0116. The van der Waals surface area contributed by atoms with Crippen LogP contribution in [0.3, 0.4) is 0 Å². The monoisotopic (exact) mass is 211 g/mol. The number of nitrogen functional groups attached to an aromatic ring is 1. The summed E-state index contributed by atoms with van der Waals surface area (Å²) in [6, 6.07) is 1.24. The van der Waals surface area contributed by atoms with Crippen molar-refractivity contribution >= 4 is 17.1 Å². The first-order valence-electron chi connectivity index (χ1n) is 4.04. The molecule has 0 aliphatic heterocycles. The third-order valence-corrected chi connectivity index (χ3v) is 2.09. The fourth-order valence-corrected chi connectivity index (χ4v) is 1.52. The standard InChI is InChI=1S/C8H9N3O4/c1-4-3-6(9)8(11(14)15)5(2)7(4)10(12)13/h3H,9H2,1-2H3. The van der Waals surface area contributed by atoms with Crippen molar-refractivity contribution in [1.29, 1.82) is 0 Å². The van der Waals surface area contributed by atoms with Gasteiger partial charge < -0.3 is 5.73 Å². The van der Waals surface area contributed by atoms with E-state index in [4.69, 9.17) is 5.73 Å². The van der Waals surface area contributed by atoms with Gasteiger partial charge in [-0.15, -0.1) is 0 Å². The van der Waals surface area contributed by atoms with Crippen molar-refractivity contribution in [1.82, 2.24) is 0 Å². The van der Waals surface area contributed by atoms with Gasteiger partial charge in [-0.1, -0.05) is 0 Å². The van der Waals surface area contributed by atoms with E-state index in [1.54, 1.807) is 0 Å². The van der Waals surface area contributed by atoms with E-state index in [1.165, 1.54) is 19.9 Å². The molecule has 1 aromatic rings. The summed E-state index contributed by atoms with van der Waals surface area (Å²) >= 11 is 0. The maximum atomic E-state index is 10.7. The highest BCUT2D eigenvalue weighted by atomic mass is 16.6. The summed E-state index contributed by atoms with van der Waals surface area (Å²) in [5, 5.41) is 21.3. The Labute approximate surface area is 84.8 Å². The molecule has 0 bridgehead atoms. The quantitative estimate of drug-likeness (QED) is 0.454. The van der Waals surface area contributed by atoms with Crippen LogP contribution in [0, 0.1) is 34.1 Å². The van der Waals surface area contributed by atoms with Crippen LogP contribution in [0.2, 0.25) is 0 Å². The number of hydrogen-bond acceptors (Lipinski definition) is 5. The Morgan fingerprint density at radius 3 is 2.00 bits per heavy atom. The highest BCUT2D eigenvalue weighted by Gasteiger charge is 2.26. The zero-order chi connectivity index (χ0) is 11.7. The van der Waals surface area contributed by atoms with Gasteiger partial charge in [0.25, 0.3) is 5.69 Å². The Hall–Kier alpha value is -2.18. The van der Waals surface area contributed by atoms with Gasteiger partial charge in [0.15, 0.2) is 0 Å². The van der Waals surface area contributed by atoms with Gasteiger partial charge in [-0.3, -0.25) is 20.2 Å². The lowest BCUT2D eigenvalue weighted by Gasteiger charge is -2.04. The van der Waals surface area contributed by atoms with Gasteiger partial charge in [-0.05, 0) is 19.9 Å². The second-order valence-electron chi connectivity index (χ2n) is 3.12. The maximum absolute atomic E-state index is 10.7. The van der Waals surface area contributed by atoms with E-state index in [1.807, 2.05) is 0 Å². The number of anilines is 1. The van der Waals surface area contributed by atoms with Crippen LogP contribution < -0.4 is 5.73 Å². The summed E-state index contributed by atoms with van der Waals surface area (Å²) in [6.07, 6.45) is 0. The maximum Gasteiger partial charge on any atom is 0.301 e. The van der Waals surface area contributed by atoms with Gasteiger partial charge >= 0.3 is 5.69 Å². The van der Waals surface area contributed by atoms with Crippen LogP contribution in [0.5, 0.6) is 0 Å². The first-order chi connectivity index (χ1) is 6.86. The molecule has 7 heteroatoms. The van der Waals surface area contributed by atoms with E-state index in [2.05, 4.69) is 0 Å². The molecule has 0 heterocycles. The summed E-state index contributed by atoms with van der Waals surface area (Å²) in [7, 11) is 0. The Kier molecular flexibility index (Phi) is 2.56. The molecule has 0 amide bonds. The molecule has 0 aliphatic rings. The average molecular weight is 211 g/mol. The molecule has 0 spiro atoms. The molecule has 80 valence electrons. The van der Waals surface area contributed by atoms with Crippen molar-refractivity contribution in [3.05, 3.63) is 37.4 Å². The van der Waals surface area contributed by atoms with E-state index >= 15 is 0 Å². The van der Waals surface area contributed by atoms with Crippen molar-refractivity contribution in [3.8, 4) is 0 Å². The fraction of sp³-hybridized carbons (Fsp3) is 0.250. The normalized spacial score (nSPS) is 10.0. The summed E-state index contributed by atoms with van der Waals surface area (Å²) < 4.78 is 0. The Bertz CT molecular complexity index is 417. The summed E-state index contributed by atoms with van der Waals surface area (Å²) in [5.74, 6) is 0. The number of nitrogens with zero attached hydrogens (tertiary/aromatic N) is 2. The molecule has 0 atom stereocenters. The second kappa shape index (κ2) is 3.52. The van der Waals surface area contributed by atoms with E-state index in [0.29, 0.717) is 5.56 Å². The van der Waals surface area contributed by atoms with Gasteiger partial charge in [0.05, 0.1) is 9.85 Å². The zero-order valence-electron chi connectivity index (χ0n) is 8.18. The minimum Gasteiger partial charge on any atom is -0.393 e. The number of hydrogen-bond donors (Lipinski definition) is 1. The Morgan fingerprint density at radius 1 is 1.13 bits per heavy atom. The molecule has 1 aromatic carbocycles. The van der Waals surface area contributed by atoms with Gasteiger partial charge in [-0.2, -0.15) is 0 Å². The predicted molar refractivity (Wildman–Crippen MR) is 53.6 cm³/mol. The first-order valence-corrected chi connectivity index (χ1v) is 4.04. The largest absolute Gasteiger partial charge is 0.393 e. The van der Waals surface area contributed by atoms with Gasteiger partial charge in [-0.25, -0.2) is 0 Å². The second-order valence-corrected chi connectivity index (χ2v) is 3.12. The van der Waals surface area contributed by atoms with Gasteiger partial charge in [0.1, 0.15) is 11.3 Å². The molecule has 0 saturated carbocycles. The van der Waals surface area contributed by atoms with E-state index < -0.39 is 15.5 Å². The fourth-order valence-electron chi connectivity index (χ4n) is 1.52. The van der Waals surface area contributed by atoms with Crippen molar-refractivity contribution < 1.29 is 9.85 Å². The summed E-state index contributed by atoms with van der Waals surface area (Å²) in [5.41, 5.74) is 5.03. The van der Waals surface area contributed by atoms with Crippen molar-refractivity contribution in [2.45, 2.75) is 13.8 Å². The lowest BCUT2D eigenvalue weighted by atomic mass is 10.1. The molecule has 1 rings (SSSR count). The Balaban J connectivity index is 3.64. The number of nitro benzene ring substituents is 2. The molecule has 0 aromatic heterocycles. The molecular formula is C8H9N3O4. The molecule has 7 nitrogen and oxygen atoms in total. The highest BCUT2D eigenvalue weighted by Crippen LogP contribution is 2.35. The van der Waals surface area contributed by atoms with Crippen molar-refractivity contribution in [2.75, 3.05) is 5.73 Å². The lowest BCUT2D eigenvalue weighted by molar-refractivity contribution is -0.395. The average Bonchev–Trinajstić information content (AvgIpc) is 1.99. The van der Waals surface area contributed by atoms with Crippen LogP contribution in [0.4, 0.5) is 17.1 Å². The molecule has 0 saturated heterocycles. The van der Waals surface area contributed by atoms with Crippen molar-refractivity contribution in [3.63, 3.8) is 0 Å². The molecule has 0 fully saturated rings. The number of rotatable bonds is 2. The molecule has 0 aliphatic carbocycles. The predicted octanol–water partition coefficient (Wildman–Crippen LogP) is 1.70. The van der Waals surface area contributed by atoms with Crippen LogP contribution in [-0.4, -0.2) is 9.85 Å². The molecule has 15 heavy (non-hydrogen) atoms. The smallest absolute Gasteiger partial charge is 0.301 e. The molecule has 2 N–H and O–H groups in total. The van der Waals surface area contributed by atoms with Gasteiger partial charge in [0, 0.05) is 5.56 Å². The molecule has 0 unspecified atom stereocenters. The SMILES string of the molecule is Cc1cc(N)c([N+](=O)[O-])c(C)c1[N+](=O)[O-]. The van der Waals surface area contributed by atoms with E-state index in [0.717, 1.165) is 0 Å². The first kappa shape index (κ1) is 10.9. The van der Waals surface area contributed by atoms with E-state index in [9.17, 15) is 20.2 Å². The minimum atomic E-state index is -0.711. The number of nitro groups is 2. The third-order valence-electron chi connectivity index (χ3n) is 2.09. The molecule has 0 radical (unpaired) electrons. The lowest BCUT2D eigenvalue weighted by Crippen LogP contribution is -2.03. The molecular weight excluding hydrogens is 202 g/mol. The summed E-state index contributed by atoms with van der Waals surface area (Å²) in [6.45, 7) is 2.81.